The summed E-state index contributed by atoms with van der Waals surface area (Å²) in [5.74, 6) is 3.13. The Balaban J connectivity index is 1.34. The van der Waals surface area contributed by atoms with E-state index in [2.05, 4.69) is 34.3 Å². The van der Waals surface area contributed by atoms with Gasteiger partial charge in [-0.2, -0.15) is 0 Å². The van der Waals surface area contributed by atoms with Crippen LogP contribution in [0.3, 0.4) is 0 Å². The van der Waals surface area contributed by atoms with Gasteiger partial charge < -0.3 is 19.7 Å². The fourth-order valence-corrected chi connectivity index (χ4v) is 4.14. The zero-order chi connectivity index (χ0) is 23.2. The number of carbonyl (C=O) groups is 1. The zero-order valence-electron chi connectivity index (χ0n) is 19.4. The first kappa shape index (κ1) is 22.6. The standard InChI is InChI=1S/C26H30N4O3/c1-18-5-4-6-20(15-18)25-27-12-9-24(29-25)30-13-10-19(11-14-30)26(31)28-17-21-7-8-22(32-2)16-23(21)33-3/h4-9,12,15-16,19H,10-11,13-14,17H2,1-3H3,(H,28,31). The Kier molecular flexibility index (Phi) is 7.07. The van der Waals surface area contributed by atoms with E-state index in [1.54, 1.807) is 20.4 Å². The number of benzene rings is 2. The third-order valence-electron chi connectivity index (χ3n) is 6.05. The molecule has 1 amide bonds. The number of piperidine rings is 1. The molecule has 1 aliphatic rings. The molecule has 3 aromatic rings. The van der Waals surface area contributed by atoms with Crippen LogP contribution in [0.2, 0.25) is 0 Å². The lowest BCUT2D eigenvalue weighted by Gasteiger charge is -2.32. The van der Waals surface area contributed by atoms with Gasteiger partial charge in [0.25, 0.3) is 0 Å². The molecule has 0 unspecified atom stereocenters. The molecule has 0 spiro atoms. The molecule has 4 rings (SSSR count). The van der Waals surface area contributed by atoms with Crippen molar-refractivity contribution >= 4 is 11.7 Å². The quantitative estimate of drug-likeness (QED) is 0.591. The summed E-state index contributed by atoms with van der Waals surface area (Å²) in [7, 11) is 3.24. The van der Waals surface area contributed by atoms with E-state index in [4.69, 9.17) is 14.5 Å². The minimum absolute atomic E-state index is 0.0106. The van der Waals surface area contributed by atoms with Gasteiger partial charge in [-0.05, 0) is 44.0 Å². The first-order valence-electron chi connectivity index (χ1n) is 11.2. The number of amides is 1. The minimum atomic E-state index is -0.0106. The summed E-state index contributed by atoms with van der Waals surface area (Å²) in [6.45, 7) is 4.06. The summed E-state index contributed by atoms with van der Waals surface area (Å²) < 4.78 is 10.7. The van der Waals surface area contributed by atoms with E-state index in [1.807, 2.05) is 36.4 Å². The van der Waals surface area contributed by atoms with Crippen molar-refractivity contribution in [3.8, 4) is 22.9 Å². The molecule has 1 aliphatic heterocycles. The normalized spacial score (nSPS) is 14.1. The lowest BCUT2D eigenvalue weighted by atomic mass is 9.95. The molecule has 2 aromatic carbocycles. The second kappa shape index (κ2) is 10.3. The number of rotatable bonds is 7. The first-order chi connectivity index (χ1) is 16.1. The van der Waals surface area contributed by atoms with Gasteiger partial charge in [0.15, 0.2) is 5.82 Å². The molecular weight excluding hydrogens is 416 g/mol. The number of hydrogen-bond acceptors (Lipinski definition) is 6. The molecule has 0 atom stereocenters. The second-order valence-corrected chi connectivity index (χ2v) is 8.26. The van der Waals surface area contributed by atoms with Crippen molar-refractivity contribution in [1.29, 1.82) is 0 Å². The Labute approximate surface area is 194 Å². The van der Waals surface area contributed by atoms with E-state index in [9.17, 15) is 4.79 Å². The number of nitrogens with zero attached hydrogens (tertiary/aromatic N) is 3. The van der Waals surface area contributed by atoms with E-state index >= 15 is 0 Å². The third kappa shape index (κ3) is 5.42. The van der Waals surface area contributed by atoms with E-state index in [-0.39, 0.29) is 11.8 Å². The Morgan fingerprint density at radius 2 is 1.91 bits per heavy atom. The molecule has 0 bridgehead atoms. The molecule has 0 aliphatic carbocycles. The molecule has 1 fully saturated rings. The molecule has 7 nitrogen and oxygen atoms in total. The smallest absolute Gasteiger partial charge is 0.223 e. The summed E-state index contributed by atoms with van der Waals surface area (Å²) in [4.78, 5) is 24.2. The van der Waals surface area contributed by atoms with Crippen LogP contribution in [0.25, 0.3) is 11.4 Å². The van der Waals surface area contributed by atoms with Crippen molar-refractivity contribution in [3.05, 3.63) is 65.9 Å². The highest BCUT2D eigenvalue weighted by molar-refractivity contribution is 5.79. The van der Waals surface area contributed by atoms with E-state index < -0.39 is 0 Å². The van der Waals surface area contributed by atoms with Crippen LogP contribution in [-0.4, -0.2) is 43.2 Å². The zero-order valence-corrected chi connectivity index (χ0v) is 19.4. The Morgan fingerprint density at radius 3 is 2.64 bits per heavy atom. The molecule has 0 radical (unpaired) electrons. The summed E-state index contributed by atoms with van der Waals surface area (Å²) in [6.07, 6.45) is 3.38. The number of ether oxygens (including phenoxy) is 2. The average molecular weight is 447 g/mol. The number of aromatic nitrogens is 2. The van der Waals surface area contributed by atoms with Gasteiger partial charge in [-0.3, -0.25) is 4.79 Å². The van der Waals surface area contributed by atoms with E-state index in [1.165, 1.54) is 5.56 Å². The second-order valence-electron chi connectivity index (χ2n) is 8.26. The van der Waals surface area contributed by atoms with E-state index in [0.29, 0.717) is 12.3 Å². The van der Waals surface area contributed by atoms with Gasteiger partial charge in [0.1, 0.15) is 17.3 Å². The summed E-state index contributed by atoms with van der Waals surface area (Å²) in [5.41, 5.74) is 3.12. The lowest BCUT2D eigenvalue weighted by Crippen LogP contribution is -2.40. The Hall–Kier alpha value is -3.61. The topological polar surface area (TPSA) is 76.6 Å². The molecule has 2 heterocycles. The maximum atomic E-state index is 12.8. The lowest BCUT2D eigenvalue weighted by molar-refractivity contribution is -0.125. The summed E-state index contributed by atoms with van der Waals surface area (Å²) in [5, 5.41) is 3.07. The minimum Gasteiger partial charge on any atom is -0.497 e. The monoisotopic (exact) mass is 446 g/mol. The molecule has 0 saturated carbocycles. The van der Waals surface area contributed by atoms with Crippen molar-refractivity contribution in [2.24, 2.45) is 5.92 Å². The number of hydrogen-bond donors (Lipinski definition) is 1. The highest BCUT2D eigenvalue weighted by Gasteiger charge is 2.26. The number of nitrogens with one attached hydrogen (secondary N) is 1. The molecule has 1 N–H and O–H groups in total. The van der Waals surface area contributed by atoms with Crippen LogP contribution in [0.5, 0.6) is 11.5 Å². The number of anilines is 1. The van der Waals surface area contributed by atoms with Gasteiger partial charge >= 0.3 is 0 Å². The van der Waals surface area contributed by atoms with Gasteiger partial charge in [-0.15, -0.1) is 0 Å². The molecular formula is C26H30N4O3. The first-order valence-corrected chi connectivity index (χ1v) is 11.2. The average Bonchev–Trinajstić information content (AvgIpc) is 2.87. The van der Waals surface area contributed by atoms with Crippen molar-refractivity contribution < 1.29 is 14.3 Å². The predicted octanol–water partition coefficient (Wildman–Crippen LogP) is 4.00. The number of aryl methyl sites for hydroxylation is 1. The van der Waals surface area contributed by atoms with Crippen molar-refractivity contribution in [1.82, 2.24) is 15.3 Å². The van der Waals surface area contributed by atoms with Crippen LogP contribution in [0.4, 0.5) is 5.82 Å². The molecule has 7 heteroatoms. The fraction of sp³-hybridized carbons (Fsp3) is 0.346. The van der Waals surface area contributed by atoms with Crippen molar-refractivity contribution in [2.75, 3.05) is 32.2 Å². The van der Waals surface area contributed by atoms with Crippen LogP contribution in [0.1, 0.15) is 24.0 Å². The van der Waals surface area contributed by atoms with Gasteiger partial charge in [0.2, 0.25) is 5.91 Å². The largest absolute Gasteiger partial charge is 0.497 e. The van der Waals surface area contributed by atoms with Crippen LogP contribution in [-0.2, 0) is 11.3 Å². The van der Waals surface area contributed by atoms with Gasteiger partial charge in [-0.25, -0.2) is 9.97 Å². The van der Waals surface area contributed by atoms with Gasteiger partial charge in [0.05, 0.1) is 14.2 Å². The maximum absolute atomic E-state index is 12.8. The SMILES string of the molecule is COc1ccc(CNC(=O)C2CCN(c3ccnc(-c4cccc(C)c4)n3)CC2)c(OC)c1. The summed E-state index contributed by atoms with van der Waals surface area (Å²) in [6, 6.07) is 15.8. The van der Waals surface area contributed by atoms with Crippen molar-refractivity contribution in [2.45, 2.75) is 26.3 Å². The van der Waals surface area contributed by atoms with Crippen LogP contribution < -0.4 is 19.7 Å². The fourth-order valence-electron chi connectivity index (χ4n) is 4.14. The highest BCUT2D eigenvalue weighted by atomic mass is 16.5. The predicted molar refractivity (Wildman–Crippen MR) is 129 cm³/mol. The molecule has 1 aromatic heterocycles. The van der Waals surface area contributed by atoms with Gasteiger partial charge in [0, 0.05) is 48.9 Å². The number of methoxy groups -OCH3 is 2. The maximum Gasteiger partial charge on any atom is 0.223 e. The van der Waals surface area contributed by atoms with Gasteiger partial charge in [-0.1, -0.05) is 23.8 Å². The van der Waals surface area contributed by atoms with E-state index in [0.717, 1.165) is 54.4 Å². The molecule has 1 saturated heterocycles. The van der Waals surface area contributed by atoms with Crippen LogP contribution in [0, 0.1) is 12.8 Å². The van der Waals surface area contributed by atoms with Crippen molar-refractivity contribution in [3.63, 3.8) is 0 Å². The molecule has 172 valence electrons. The Bertz CT molecular complexity index is 1110. The highest BCUT2D eigenvalue weighted by Crippen LogP contribution is 2.26. The summed E-state index contributed by atoms with van der Waals surface area (Å²) >= 11 is 0. The third-order valence-corrected chi connectivity index (χ3v) is 6.05. The molecule has 33 heavy (non-hydrogen) atoms. The van der Waals surface area contributed by atoms with Crippen LogP contribution >= 0.6 is 0 Å². The van der Waals surface area contributed by atoms with Crippen LogP contribution in [0.15, 0.2) is 54.7 Å². The Morgan fingerprint density at radius 1 is 1.09 bits per heavy atom. The number of carbonyl (C=O) groups excluding carboxylic acids is 1.